The van der Waals surface area contributed by atoms with E-state index in [1.165, 1.54) is 10.6 Å². The maximum atomic E-state index is 11.8. The molecule has 1 amide bonds. The van der Waals surface area contributed by atoms with Gasteiger partial charge in [-0.15, -0.1) is 0 Å². The highest BCUT2D eigenvalue weighted by molar-refractivity contribution is 5.83. The number of carbonyl (C=O) groups excluding carboxylic acids is 1. The van der Waals surface area contributed by atoms with Crippen LogP contribution in [0.3, 0.4) is 0 Å². The number of carbonyl (C=O) groups is 1. The monoisotopic (exact) mass is 223 g/mol. The molecule has 1 aromatic heterocycles. The SMILES string of the molecule is CC(C)(C(=O)NCCN)n1ccccc1=O. The van der Waals surface area contributed by atoms with Crippen LogP contribution in [0.15, 0.2) is 29.2 Å². The van der Waals surface area contributed by atoms with Gasteiger partial charge in [0.05, 0.1) is 0 Å². The molecule has 0 unspecified atom stereocenters. The van der Waals surface area contributed by atoms with Gasteiger partial charge in [0.1, 0.15) is 5.54 Å². The van der Waals surface area contributed by atoms with Crippen LogP contribution in [0.25, 0.3) is 0 Å². The summed E-state index contributed by atoms with van der Waals surface area (Å²) in [4.78, 5) is 23.5. The van der Waals surface area contributed by atoms with Gasteiger partial charge in [-0.2, -0.15) is 0 Å². The second-order valence-corrected chi connectivity index (χ2v) is 4.01. The van der Waals surface area contributed by atoms with E-state index in [1.807, 2.05) is 0 Å². The zero-order valence-corrected chi connectivity index (χ0v) is 9.56. The molecule has 0 aliphatic rings. The third-order valence-electron chi connectivity index (χ3n) is 2.41. The lowest BCUT2D eigenvalue weighted by Gasteiger charge is -2.26. The maximum absolute atomic E-state index is 11.8. The first-order valence-corrected chi connectivity index (χ1v) is 5.16. The van der Waals surface area contributed by atoms with Gasteiger partial charge >= 0.3 is 0 Å². The summed E-state index contributed by atoms with van der Waals surface area (Å²) in [5.74, 6) is -0.216. The fourth-order valence-corrected chi connectivity index (χ4v) is 1.40. The van der Waals surface area contributed by atoms with Gasteiger partial charge in [-0.3, -0.25) is 9.59 Å². The van der Waals surface area contributed by atoms with Gasteiger partial charge in [0.2, 0.25) is 5.91 Å². The van der Waals surface area contributed by atoms with E-state index in [-0.39, 0.29) is 11.5 Å². The van der Waals surface area contributed by atoms with Crippen LogP contribution in [0.4, 0.5) is 0 Å². The molecule has 88 valence electrons. The van der Waals surface area contributed by atoms with Gasteiger partial charge in [-0.1, -0.05) is 6.07 Å². The molecule has 0 atom stereocenters. The summed E-state index contributed by atoms with van der Waals surface area (Å²) >= 11 is 0. The number of nitrogens with one attached hydrogen (secondary N) is 1. The van der Waals surface area contributed by atoms with Crippen molar-refractivity contribution in [3.8, 4) is 0 Å². The van der Waals surface area contributed by atoms with E-state index in [9.17, 15) is 9.59 Å². The predicted octanol–water partition coefficient (Wildman–Crippen LogP) is -0.342. The summed E-state index contributed by atoms with van der Waals surface area (Å²) < 4.78 is 1.40. The predicted molar refractivity (Wildman–Crippen MR) is 62.1 cm³/mol. The van der Waals surface area contributed by atoms with E-state index >= 15 is 0 Å². The topological polar surface area (TPSA) is 77.1 Å². The van der Waals surface area contributed by atoms with Gasteiger partial charge in [-0.25, -0.2) is 0 Å². The van der Waals surface area contributed by atoms with Gasteiger partial charge < -0.3 is 15.6 Å². The van der Waals surface area contributed by atoms with Crippen LogP contribution in [-0.4, -0.2) is 23.6 Å². The first-order valence-electron chi connectivity index (χ1n) is 5.16. The molecule has 5 heteroatoms. The number of nitrogens with zero attached hydrogens (tertiary/aromatic N) is 1. The van der Waals surface area contributed by atoms with Crippen LogP contribution in [0.1, 0.15) is 13.8 Å². The first kappa shape index (κ1) is 12.4. The molecule has 16 heavy (non-hydrogen) atoms. The minimum absolute atomic E-state index is 0.199. The highest BCUT2D eigenvalue weighted by Gasteiger charge is 2.29. The molecule has 1 aromatic rings. The lowest BCUT2D eigenvalue weighted by atomic mass is 10.0. The molecule has 1 rings (SSSR count). The van der Waals surface area contributed by atoms with Crippen molar-refractivity contribution in [1.82, 2.24) is 9.88 Å². The van der Waals surface area contributed by atoms with Crippen molar-refractivity contribution >= 4 is 5.91 Å². The van der Waals surface area contributed by atoms with Gasteiger partial charge in [-0.05, 0) is 19.9 Å². The Hall–Kier alpha value is -1.62. The molecule has 0 aliphatic heterocycles. The van der Waals surface area contributed by atoms with E-state index in [0.29, 0.717) is 13.1 Å². The minimum atomic E-state index is -0.909. The Labute approximate surface area is 94.3 Å². The van der Waals surface area contributed by atoms with E-state index < -0.39 is 5.54 Å². The molecule has 0 aliphatic carbocycles. The average molecular weight is 223 g/mol. The Morgan fingerprint density at radius 3 is 2.75 bits per heavy atom. The molecule has 1 heterocycles. The van der Waals surface area contributed by atoms with Gasteiger partial charge in [0.15, 0.2) is 0 Å². The number of nitrogens with two attached hydrogens (primary N) is 1. The molecule has 0 spiro atoms. The summed E-state index contributed by atoms with van der Waals surface area (Å²) in [7, 11) is 0. The summed E-state index contributed by atoms with van der Waals surface area (Å²) in [5, 5.41) is 2.67. The van der Waals surface area contributed by atoms with Crippen molar-refractivity contribution in [3.63, 3.8) is 0 Å². The number of hydrogen-bond donors (Lipinski definition) is 2. The molecular formula is C11H17N3O2. The third-order valence-corrected chi connectivity index (χ3v) is 2.41. The lowest BCUT2D eigenvalue weighted by molar-refractivity contribution is -0.128. The second kappa shape index (κ2) is 4.94. The lowest BCUT2D eigenvalue weighted by Crippen LogP contribution is -2.49. The number of hydrogen-bond acceptors (Lipinski definition) is 3. The zero-order chi connectivity index (χ0) is 12.2. The fourth-order valence-electron chi connectivity index (χ4n) is 1.40. The van der Waals surface area contributed by atoms with Gasteiger partial charge in [0, 0.05) is 25.4 Å². The molecule has 0 saturated heterocycles. The molecule has 0 saturated carbocycles. The first-order chi connectivity index (χ1) is 7.50. The Kier molecular flexibility index (Phi) is 3.84. The van der Waals surface area contributed by atoms with Crippen LogP contribution in [-0.2, 0) is 10.3 Å². The smallest absolute Gasteiger partial charge is 0.251 e. The van der Waals surface area contributed by atoms with Crippen molar-refractivity contribution in [3.05, 3.63) is 34.7 Å². The molecular weight excluding hydrogens is 206 g/mol. The zero-order valence-electron chi connectivity index (χ0n) is 9.56. The Bertz CT molecular complexity index is 423. The summed E-state index contributed by atoms with van der Waals surface area (Å²) in [6.45, 7) is 4.18. The van der Waals surface area contributed by atoms with E-state index in [0.717, 1.165) is 0 Å². The van der Waals surface area contributed by atoms with Crippen molar-refractivity contribution in [2.75, 3.05) is 13.1 Å². The average Bonchev–Trinajstić information content (AvgIpc) is 2.26. The van der Waals surface area contributed by atoms with Crippen LogP contribution in [0.5, 0.6) is 0 Å². The van der Waals surface area contributed by atoms with E-state index in [4.69, 9.17) is 5.73 Å². The minimum Gasteiger partial charge on any atom is -0.353 e. The van der Waals surface area contributed by atoms with Crippen molar-refractivity contribution in [2.24, 2.45) is 5.73 Å². The quantitative estimate of drug-likeness (QED) is 0.733. The van der Waals surface area contributed by atoms with Gasteiger partial charge in [0.25, 0.3) is 5.56 Å². The van der Waals surface area contributed by atoms with Crippen LogP contribution in [0.2, 0.25) is 0 Å². The Morgan fingerprint density at radius 1 is 1.50 bits per heavy atom. The Balaban J connectivity index is 2.97. The number of amides is 1. The van der Waals surface area contributed by atoms with Crippen molar-refractivity contribution in [1.29, 1.82) is 0 Å². The van der Waals surface area contributed by atoms with Crippen molar-refractivity contribution in [2.45, 2.75) is 19.4 Å². The third kappa shape index (κ3) is 2.49. The normalized spacial score (nSPS) is 11.2. The van der Waals surface area contributed by atoms with Crippen LogP contribution in [0, 0.1) is 0 Å². The standard InChI is InChI=1S/C11H17N3O2/c1-11(2,10(16)13-7-6-12)14-8-4-3-5-9(14)15/h3-5,8H,6-7,12H2,1-2H3,(H,13,16). The summed E-state index contributed by atoms with van der Waals surface area (Å²) in [6, 6.07) is 4.80. The highest BCUT2D eigenvalue weighted by atomic mass is 16.2. The maximum Gasteiger partial charge on any atom is 0.251 e. The highest BCUT2D eigenvalue weighted by Crippen LogP contribution is 2.11. The van der Waals surface area contributed by atoms with Crippen LogP contribution >= 0.6 is 0 Å². The summed E-state index contributed by atoms with van der Waals surface area (Å²) in [5.41, 5.74) is 4.20. The van der Waals surface area contributed by atoms with Crippen molar-refractivity contribution < 1.29 is 4.79 Å². The molecule has 0 aromatic carbocycles. The largest absolute Gasteiger partial charge is 0.353 e. The van der Waals surface area contributed by atoms with E-state index in [1.54, 1.807) is 32.2 Å². The molecule has 0 fully saturated rings. The number of rotatable bonds is 4. The van der Waals surface area contributed by atoms with Crippen LogP contribution < -0.4 is 16.6 Å². The molecule has 0 radical (unpaired) electrons. The number of pyridine rings is 1. The molecule has 3 N–H and O–H groups in total. The molecule has 0 bridgehead atoms. The fraction of sp³-hybridized carbons (Fsp3) is 0.455. The second-order valence-electron chi connectivity index (χ2n) is 4.01. The number of aromatic nitrogens is 1. The Morgan fingerprint density at radius 2 is 2.19 bits per heavy atom. The molecule has 5 nitrogen and oxygen atoms in total. The van der Waals surface area contributed by atoms with E-state index in [2.05, 4.69) is 5.32 Å². The summed E-state index contributed by atoms with van der Waals surface area (Å²) in [6.07, 6.45) is 1.60.